The summed E-state index contributed by atoms with van der Waals surface area (Å²) >= 11 is 4.98. The fraction of sp³-hybridized carbons (Fsp3) is 0.222. The summed E-state index contributed by atoms with van der Waals surface area (Å²) in [5, 5.41) is 2.93. The number of carbonyl (C=O) groups is 2. The highest BCUT2D eigenvalue weighted by Crippen LogP contribution is 2.24. The summed E-state index contributed by atoms with van der Waals surface area (Å²) in [4.78, 5) is 26.8. The lowest BCUT2D eigenvalue weighted by Gasteiger charge is -2.23. The minimum absolute atomic E-state index is 0.104. The largest absolute Gasteiger partial charge is 0.350 e. The SMILES string of the molecule is O=C(NCc1ccccc1)C1CSCN1C(=O)c1cccc(Br)c1. The Labute approximate surface area is 153 Å². The van der Waals surface area contributed by atoms with E-state index in [-0.39, 0.29) is 11.8 Å². The summed E-state index contributed by atoms with van der Waals surface area (Å²) < 4.78 is 0.852. The van der Waals surface area contributed by atoms with Crippen molar-refractivity contribution in [2.75, 3.05) is 11.6 Å². The molecule has 3 rings (SSSR count). The highest BCUT2D eigenvalue weighted by Gasteiger charge is 2.34. The van der Waals surface area contributed by atoms with Gasteiger partial charge in [0, 0.05) is 22.3 Å². The third-order valence-electron chi connectivity index (χ3n) is 3.83. The molecule has 1 N–H and O–H groups in total. The third kappa shape index (κ3) is 3.99. The number of hydrogen-bond acceptors (Lipinski definition) is 3. The first-order valence-corrected chi connectivity index (χ1v) is 9.56. The minimum atomic E-state index is -0.426. The average molecular weight is 405 g/mol. The molecule has 1 fully saturated rings. The van der Waals surface area contributed by atoms with Gasteiger partial charge >= 0.3 is 0 Å². The van der Waals surface area contributed by atoms with Crippen molar-refractivity contribution in [1.29, 1.82) is 0 Å². The smallest absolute Gasteiger partial charge is 0.255 e. The topological polar surface area (TPSA) is 49.4 Å². The second-order valence-corrected chi connectivity index (χ2v) is 7.42. The maximum Gasteiger partial charge on any atom is 0.255 e. The molecule has 0 aliphatic carbocycles. The van der Waals surface area contributed by atoms with Crippen molar-refractivity contribution in [3.8, 4) is 0 Å². The van der Waals surface area contributed by atoms with Crippen molar-refractivity contribution in [3.63, 3.8) is 0 Å². The summed E-state index contributed by atoms with van der Waals surface area (Å²) in [6.07, 6.45) is 0. The summed E-state index contributed by atoms with van der Waals surface area (Å²) in [5.41, 5.74) is 1.63. The number of nitrogens with zero attached hydrogens (tertiary/aromatic N) is 1. The molecular weight excluding hydrogens is 388 g/mol. The van der Waals surface area contributed by atoms with Gasteiger partial charge in [0.2, 0.25) is 5.91 Å². The molecule has 24 heavy (non-hydrogen) atoms. The van der Waals surface area contributed by atoms with E-state index in [1.807, 2.05) is 42.5 Å². The monoisotopic (exact) mass is 404 g/mol. The zero-order valence-corrected chi connectivity index (χ0v) is 15.3. The molecule has 1 unspecified atom stereocenters. The highest BCUT2D eigenvalue weighted by molar-refractivity contribution is 9.10. The molecule has 4 nitrogen and oxygen atoms in total. The van der Waals surface area contributed by atoms with E-state index in [9.17, 15) is 9.59 Å². The van der Waals surface area contributed by atoms with Gasteiger partial charge < -0.3 is 10.2 Å². The normalized spacial score (nSPS) is 16.9. The van der Waals surface area contributed by atoms with Crippen molar-refractivity contribution in [2.45, 2.75) is 12.6 Å². The van der Waals surface area contributed by atoms with Gasteiger partial charge in [-0.05, 0) is 23.8 Å². The molecule has 1 aliphatic rings. The van der Waals surface area contributed by atoms with Gasteiger partial charge in [0.15, 0.2) is 0 Å². The fourth-order valence-corrected chi connectivity index (χ4v) is 4.10. The lowest BCUT2D eigenvalue weighted by atomic mass is 10.1. The van der Waals surface area contributed by atoms with Crippen LogP contribution < -0.4 is 5.32 Å². The first-order valence-electron chi connectivity index (χ1n) is 7.61. The zero-order chi connectivity index (χ0) is 16.9. The van der Waals surface area contributed by atoms with Crippen LogP contribution in [0, 0.1) is 0 Å². The number of amides is 2. The number of benzene rings is 2. The molecule has 0 radical (unpaired) electrons. The Balaban J connectivity index is 1.66. The van der Waals surface area contributed by atoms with E-state index in [0.717, 1.165) is 10.0 Å². The van der Waals surface area contributed by atoms with Gasteiger partial charge in [-0.3, -0.25) is 9.59 Å². The van der Waals surface area contributed by atoms with Crippen molar-refractivity contribution >= 4 is 39.5 Å². The Kier molecular flexibility index (Phi) is 5.58. The average Bonchev–Trinajstić information content (AvgIpc) is 3.09. The van der Waals surface area contributed by atoms with Crippen LogP contribution in [-0.2, 0) is 11.3 Å². The van der Waals surface area contributed by atoms with Crippen molar-refractivity contribution < 1.29 is 9.59 Å². The number of thioether (sulfide) groups is 1. The lowest BCUT2D eigenvalue weighted by Crippen LogP contribution is -2.47. The number of hydrogen-bond donors (Lipinski definition) is 1. The van der Waals surface area contributed by atoms with E-state index in [2.05, 4.69) is 21.2 Å². The molecule has 0 bridgehead atoms. The van der Waals surface area contributed by atoms with Crippen LogP contribution >= 0.6 is 27.7 Å². The van der Waals surface area contributed by atoms with E-state index < -0.39 is 6.04 Å². The van der Waals surface area contributed by atoms with Crippen molar-refractivity contribution in [3.05, 3.63) is 70.2 Å². The molecular formula is C18H17BrN2O2S. The number of carbonyl (C=O) groups excluding carboxylic acids is 2. The quantitative estimate of drug-likeness (QED) is 0.850. The maximum atomic E-state index is 12.7. The Morgan fingerprint density at radius 1 is 1.17 bits per heavy atom. The van der Waals surface area contributed by atoms with E-state index in [1.165, 1.54) is 0 Å². The molecule has 0 aromatic heterocycles. The van der Waals surface area contributed by atoms with Gasteiger partial charge in [0.1, 0.15) is 6.04 Å². The first-order chi connectivity index (χ1) is 11.6. The van der Waals surface area contributed by atoms with Gasteiger partial charge in [0.05, 0.1) is 5.88 Å². The third-order valence-corrected chi connectivity index (χ3v) is 5.33. The molecule has 6 heteroatoms. The fourth-order valence-electron chi connectivity index (χ4n) is 2.55. The molecule has 1 atom stereocenters. The van der Waals surface area contributed by atoms with E-state index in [0.29, 0.717) is 23.7 Å². The molecule has 2 aromatic carbocycles. The second-order valence-electron chi connectivity index (χ2n) is 5.50. The summed E-state index contributed by atoms with van der Waals surface area (Å²) in [5.74, 6) is 0.947. The van der Waals surface area contributed by atoms with Crippen LogP contribution in [0.4, 0.5) is 0 Å². The minimum Gasteiger partial charge on any atom is -0.350 e. The standard InChI is InChI=1S/C18H17BrN2O2S/c19-15-8-4-7-14(9-15)18(23)21-12-24-11-16(21)17(22)20-10-13-5-2-1-3-6-13/h1-9,16H,10-12H2,(H,20,22). The molecule has 2 aromatic rings. The summed E-state index contributed by atoms with van der Waals surface area (Å²) in [6.45, 7) is 0.472. The summed E-state index contributed by atoms with van der Waals surface area (Å²) in [6, 6.07) is 16.6. The molecule has 124 valence electrons. The van der Waals surface area contributed by atoms with Crippen LogP contribution in [0.2, 0.25) is 0 Å². The number of nitrogens with one attached hydrogen (secondary N) is 1. The first kappa shape index (κ1) is 17.0. The molecule has 1 saturated heterocycles. The molecule has 1 heterocycles. The number of halogens is 1. The van der Waals surface area contributed by atoms with Crippen molar-refractivity contribution in [1.82, 2.24) is 10.2 Å². The van der Waals surface area contributed by atoms with Crippen LogP contribution in [0.15, 0.2) is 59.1 Å². The molecule has 2 amide bonds. The Morgan fingerprint density at radius 3 is 2.71 bits per heavy atom. The lowest BCUT2D eigenvalue weighted by molar-refractivity contribution is -0.124. The molecule has 1 aliphatic heterocycles. The van der Waals surface area contributed by atoms with Crippen LogP contribution in [-0.4, -0.2) is 34.4 Å². The summed E-state index contributed by atoms with van der Waals surface area (Å²) in [7, 11) is 0. The zero-order valence-electron chi connectivity index (χ0n) is 12.9. The van der Waals surface area contributed by atoms with Gasteiger partial charge in [-0.2, -0.15) is 0 Å². The predicted octanol–water partition coefficient (Wildman–Crippen LogP) is 3.28. The Morgan fingerprint density at radius 2 is 1.96 bits per heavy atom. The van der Waals surface area contributed by atoms with Gasteiger partial charge in [-0.1, -0.05) is 52.3 Å². The van der Waals surface area contributed by atoms with Gasteiger partial charge in [-0.15, -0.1) is 11.8 Å². The number of rotatable bonds is 4. The van der Waals surface area contributed by atoms with Gasteiger partial charge in [-0.25, -0.2) is 0 Å². The Hall–Kier alpha value is -1.79. The van der Waals surface area contributed by atoms with Crippen LogP contribution in [0.25, 0.3) is 0 Å². The van der Waals surface area contributed by atoms with Crippen LogP contribution in [0.3, 0.4) is 0 Å². The molecule has 0 saturated carbocycles. The van der Waals surface area contributed by atoms with E-state index in [1.54, 1.807) is 28.8 Å². The van der Waals surface area contributed by atoms with Crippen molar-refractivity contribution in [2.24, 2.45) is 0 Å². The molecule has 0 spiro atoms. The second kappa shape index (κ2) is 7.85. The van der Waals surface area contributed by atoms with Crippen LogP contribution in [0.1, 0.15) is 15.9 Å². The van der Waals surface area contributed by atoms with Crippen LogP contribution in [0.5, 0.6) is 0 Å². The predicted molar refractivity (Wildman–Crippen MR) is 99.7 cm³/mol. The maximum absolute atomic E-state index is 12.7. The highest BCUT2D eigenvalue weighted by atomic mass is 79.9. The van der Waals surface area contributed by atoms with Gasteiger partial charge in [0.25, 0.3) is 5.91 Å². The van der Waals surface area contributed by atoms with E-state index >= 15 is 0 Å². The van der Waals surface area contributed by atoms with E-state index in [4.69, 9.17) is 0 Å². The Bertz CT molecular complexity index is 739.